The minimum absolute atomic E-state index is 0.192. The fourth-order valence-corrected chi connectivity index (χ4v) is 2.99. The first kappa shape index (κ1) is 12.8. The molecule has 0 saturated carbocycles. The van der Waals surface area contributed by atoms with Crippen LogP contribution in [0.15, 0.2) is 27.2 Å². The van der Waals surface area contributed by atoms with E-state index in [9.17, 15) is 0 Å². The van der Waals surface area contributed by atoms with Gasteiger partial charge < -0.3 is 9.84 Å². The van der Waals surface area contributed by atoms with Crippen LogP contribution < -0.4 is 5.32 Å². The van der Waals surface area contributed by atoms with Crippen LogP contribution >= 0.6 is 15.9 Å². The Morgan fingerprint density at radius 1 is 1.42 bits per heavy atom. The van der Waals surface area contributed by atoms with Crippen molar-refractivity contribution < 1.29 is 4.52 Å². The third-order valence-corrected chi connectivity index (χ3v) is 4.16. The number of hydrogen-bond acceptors (Lipinski definition) is 4. The highest BCUT2D eigenvalue weighted by molar-refractivity contribution is 9.10. The zero-order chi connectivity index (χ0) is 13.4. The van der Waals surface area contributed by atoms with Crippen LogP contribution in [0.25, 0.3) is 11.4 Å². The molecule has 0 spiro atoms. The summed E-state index contributed by atoms with van der Waals surface area (Å²) in [6.45, 7) is 5.27. The molecule has 1 N–H and O–H groups in total. The molecule has 1 saturated heterocycles. The quantitative estimate of drug-likeness (QED) is 0.920. The third-order valence-electron chi connectivity index (χ3n) is 3.67. The van der Waals surface area contributed by atoms with Crippen LogP contribution in [0.5, 0.6) is 0 Å². The van der Waals surface area contributed by atoms with Gasteiger partial charge in [-0.25, -0.2) is 0 Å². The second-order valence-electron chi connectivity index (χ2n) is 5.11. The average molecular weight is 322 g/mol. The van der Waals surface area contributed by atoms with E-state index in [1.165, 1.54) is 0 Å². The molecule has 4 nitrogen and oxygen atoms in total. The van der Waals surface area contributed by atoms with E-state index in [0.29, 0.717) is 17.6 Å². The molecule has 1 aliphatic heterocycles. The van der Waals surface area contributed by atoms with E-state index in [2.05, 4.69) is 44.4 Å². The van der Waals surface area contributed by atoms with Gasteiger partial charge in [-0.3, -0.25) is 0 Å². The third kappa shape index (κ3) is 2.44. The first-order chi connectivity index (χ1) is 9.15. The lowest BCUT2D eigenvalue weighted by Gasteiger charge is -2.09. The van der Waals surface area contributed by atoms with E-state index in [1.54, 1.807) is 0 Å². The minimum atomic E-state index is 0.192. The molecule has 0 bridgehead atoms. The zero-order valence-corrected chi connectivity index (χ0v) is 12.6. The van der Waals surface area contributed by atoms with Crippen LogP contribution in [0.4, 0.5) is 0 Å². The number of nitrogens with one attached hydrogen (secondary N) is 1. The summed E-state index contributed by atoms with van der Waals surface area (Å²) in [4.78, 5) is 4.55. The SMILES string of the molecule is Cc1cc(Br)ccc1-c1noc(C2NCCC2C)n1. The van der Waals surface area contributed by atoms with Crippen LogP contribution in [-0.4, -0.2) is 16.7 Å². The standard InChI is InChI=1S/C14H16BrN3O/c1-8-5-6-16-12(8)14-17-13(18-19-14)11-4-3-10(15)7-9(11)2/h3-4,7-8,12,16H,5-6H2,1-2H3. The monoisotopic (exact) mass is 321 g/mol. The van der Waals surface area contributed by atoms with Crippen molar-refractivity contribution in [2.24, 2.45) is 5.92 Å². The molecular weight excluding hydrogens is 306 g/mol. The van der Waals surface area contributed by atoms with Gasteiger partial charge in [0.2, 0.25) is 11.7 Å². The fraction of sp³-hybridized carbons (Fsp3) is 0.429. The van der Waals surface area contributed by atoms with Gasteiger partial charge in [0.1, 0.15) is 0 Å². The number of benzene rings is 1. The summed E-state index contributed by atoms with van der Waals surface area (Å²) in [6.07, 6.45) is 1.15. The summed E-state index contributed by atoms with van der Waals surface area (Å²) < 4.78 is 6.48. The molecule has 3 rings (SSSR count). The van der Waals surface area contributed by atoms with Crippen LogP contribution in [0, 0.1) is 12.8 Å². The van der Waals surface area contributed by atoms with Crippen LogP contribution in [-0.2, 0) is 0 Å². The molecule has 2 atom stereocenters. The Balaban J connectivity index is 1.92. The Morgan fingerprint density at radius 3 is 2.95 bits per heavy atom. The van der Waals surface area contributed by atoms with Crippen molar-refractivity contribution in [3.63, 3.8) is 0 Å². The first-order valence-electron chi connectivity index (χ1n) is 6.48. The van der Waals surface area contributed by atoms with Gasteiger partial charge in [-0.15, -0.1) is 0 Å². The van der Waals surface area contributed by atoms with Crippen LogP contribution in [0.1, 0.15) is 30.8 Å². The Morgan fingerprint density at radius 2 is 2.26 bits per heavy atom. The molecule has 2 heterocycles. The molecular formula is C14H16BrN3O. The highest BCUT2D eigenvalue weighted by Crippen LogP contribution is 2.30. The number of hydrogen-bond donors (Lipinski definition) is 1. The topological polar surface area (TPSA) is 51.0 Å². The lowest BCUT2D eigenvalue weighted by atomic mass is 10.0. The van der Waals surface area contributed by atoms with Gasteiger partial charge in [0.05, 0.1) is 6.04 Å². The molecule has 5 heteroatoms. The van der Waals surface area contributed by atoms with E-state index >= 15 is 0 Å². The second kappa shape index (κ2) is 5.06. The second-order valence-corrected chi connectivity index (χ2v) is 6.03. The van der Waals surface area contributed by atoms with Gasteiger partial charge in [-0.05, 0) is 49.6 Å². The normalized spacial score (nSPS) is 22.9. The van der Waals surface area contributed by atoms with Crippen LogP contribution in [0.3, 0.4) is 0 Å². The number of aryl methyl sites for hydroxylation is 1. The lowest BCUT2D eigenvalue weighted by molar-refractivity contribution is 0.319. The van der Waals surface area contributed by atoms with Gasteiger partial charge in [0.25, 0.3) is 0 Å². The molecule has 100 valence electrons. The first-order valence-corrected chi connectivity index (χ1v) is 7.28. The molecule has 0 aliphatic carbocycles. The minimum Gasteiger partial charge on any atom is -0.337 e. The molecule has 2 unspecified atom stereocenters. The summed E-state index contributed by atoms with van der Waals surface area (Å²) >= 11 is 3.46. The van der Waals surface area contributed by atoms with Gasteiger partial charge in [0, 0.05) is 10.0 Å². The molecule has 1 aromatic carbocycles. The molecule has 1 aromatic heterocycles. The van der Waals surface area contributed by atoms with E-state index in [0.717, 1.165) is 28.6 Å². The average Bonchev–Trinajstić information content (AvgIpc) is 2.97. The Labute approximate surface area is 120 Å². The fourth-order valence-electron chi connectivity index (χ4n) is 2.51. The summed E-state index contributed by atoms with van der Waals surface area (Å²) in [5.74, 6) is 1.91. The van der Waals surface area contributed by atoms with Gasteiger partial charge in [-0.1, -0.05) is 28.0 Å². The molecule has 0 radical (unpaired) electrons. The number of rotatable bonds is 2. The zero-order valence-electron chi connectivity index (χ0n) is 11.0. The Hall–Kier alpha value is -1.20. The maximum atomic E-state index is 5.42. The Kier molecular flexibility index (Phi) is 3.41. The van der Waals surface area contributed by atoms with E-state index in [1.807, 2.05) is 19.1 Å². The highest BCUT2D eigenvalue weighted by atomic mass is 79.9. The maximum Gasteiger partial charge on any atom is 0.244 e. The largest absolute Gasteiger partial charge is 0.337 e. The van der Waals surface area contributed by atoms with E-state index in [4.69, 9.17) is 4.52 Å². The molecule has 19 heavy (non-hydrogen) atoms. The van der Waals surface area contributed by atoms with Gasteiger partial charge in [0.15, 0.2) is 0 Å². The summed E-state index contributed by atoms with van der Waals surface area (Å²) in [7, 11) is 0. The maximum absolute atomic E-state index is 5.42. The van der Waals surface area contributed by atoms with Crippen molar-refractivity contribution in [1.82, 2.24) is 15.5 Å². The predicted octanol–water partition coefficient (Wildman–Crippen LogP) is 3.48. The summed E-state index contributed by atoms with van der Waals surface area (Å²) in [5.41, 5.74) is 2.15. The van der Waals surface area contributed by atoms with Crippen molar-refractivity contribution in [1.29, 1.82) is 0 Å². The van der Waals surface area contributed by atoms with Crippen molar-refractivity contribution in [3.8, 4) is 11.4 Å². The molecule has 2 aromatic rings. The lowest BCUT2D eigenvalue weighted by Crippen LogP contribution is -2.16. The van der Waals surface area contributed by atoms with Crippen molar-refractivity contribution >= 4 is 15.9 Å². The Bertz CT molecular complexity index is 596. The number of aromatic nitrogens is 2. The van der Waals surface area contributed by atoms with E-state index in [-0.39, 0.29) is 6.04 Å². The van der Waals surface area contributed by atoms with Crippen molar-refractivity contribution in [2.75, 3.05) is 6.54 Å². The van der Waals surface area contributed by atoms with Crippen molar-refractivity contribution in [2.45, 2.75) is 26.3 Å². The number of nitrogens with zero attached hydrogens (tertiary/aromatic N) is 2. The molecule has 0 amide bonds. The van der Waals surface area contributed by atoms with Crippen molar-refractivity contribution in [3.05, 3.63) is 34.1 Å². The summed E-state index contributed by atoms with van der Waals surface area (Å²) in [5, 5.41) is 7.52. The molecule has 1 aliphatic rings. The highest BCUT2D eigenvalue weighted by Gasteiger charge is 2.29. The van der Waals surface area contributed by atoms with Gasteiger partial charge in [-0.2, -0.15) is 4.98 Å². The van der Waals surface area contributed by atoms with Crippen LogP contribution in [0.2, 0.25) is 0 Å². The number of halogens is 1. The predicted molar refractivity (Wildman–Crippen MR) is 76.7 cm³/mol. The molecule has 1 fully saturated rings. The summed E-state index contributed by atoms with van der Waals surface area (Å²) in [6, 6.07) is 6.26. The van der Waals surface area contributed by atoms with Gasteiger partial charge >= 0.3 is 0 Å². The van der Waals surface area contributed by atoms with E-state index < -0.39 is 0 Å². The smallest absolute Gasteiger partial charge is 0.244 e.